The van der Waals surface area contributed by atoms with E-state index in [9.17, 15) is 9.59 Å². The first-order valence-electron chi connectivity index (χ1n) is 5.62. The van der Waals surface area contributed by atoms with Gasteiger partial charge in [0, 0.05) is 6.54 Å². The van der Waals surface area contributed by atoms with Crippen LogP contribution in [0.25, 0.3) is 0 Å². The molecule has 17 heavy (non-hydrogen) atoms. The number of piperazine rings is 1. The van der Waals surface area contributed by atoms with E-state index in [0.29, 0.717) is 6.54 Å². The summed E-state index contributed by atoms with van der Waals surface area (Å²) in [6, 6.07) is -0.191. The second-order valence-corrected chi connectivity index (χ2v) is 5.33. The minimum Gasteiger partial charge on any atom is -0.444 e. The minimum atomic E-state index is -0.552. The molecule has 1 unspecified atom stereocenters. The molecule has 0 aromatic heterocycles. The van der Waals surface area contributed by atoms with Gasteiger partial charge in [0.25, 0.3) is 0 Å². The Morgan fingerprint density at radius 2 is 2.12 bits per heavy atom. The van der Waals surface area contributed by atoms with Gasteiger partial charge in [-0.15, -0.1) is 0 Å². The third-order valence-electron chi connectivity index (χ3n) is 2.32. The lowest BCUT2D eigenvalue weighted by molar-refractivity contribution is -0.125. The summed E-state index contributed by atoms with van der Waals surface area (Å²) in [7, 11) is 0. The first-order chi connectivity index (χ1) is 7.69. The molecule has 5 heteroatoms. The van der Waals surface area contributed by atoms with Crippen LogP contribution in [0.5, 0.6) is 0 Å². The van der Waals surface area contributed by atoms with Crippen molar-refractivity contribution in [2.45, 2.75) is 39.3 Å². The van der Waals surface area contributed by atoms with Crippen LogP contribution < -0.4 is 5.32 Å². The van der Waals surface area contributed by atoms with Crippen LogP contribution in [0.2, 0.25) is 0 Å². The van der Waals surface area contributed by atoms with Gasteiger partial charge in [-0.05, 0) is 27.7 Å². The molecule has 1 aliphatic rings. The van der Waals surface area contributed by atoms with Crippen molar-refractivity contribution in [1.82, 2.24) is 10.2 Å². The van der Waals surface area contributed by atoms with E-state index in [1.165, 1.54) is 4.90 Å². The van der Waals surface area contributed by atoms with Crippen LogP contribution in [0.15, 0.2) is 12.2 Å². The lowest BCUT2D eigenvalue weighted by atomic mass is 10.1. The van der Waals surface area contributed by atoms with Gasteiger partial charge in [-0.25, -0.2) is 4.79 Å². The maximum atomic E-state index is 11.8. The molecule has 0 aromatic rings. The summed E-state index contributed by atoms with van der Waals surface area (Å²) in [5, 5.41) is 2.78. The van der Waals surface area contributed by atoms with Crippen molar-refractivity contribution >= 4 is 12.0 Å². The number of carbonyl (C=O) groups excluding carboxylic acids is 2. The molecule has 96 valence electrons. The molecule has 0 bridgehead atoms. The summed E-state index contributed by atoms with van der Waals surface area (Å²) in [6.45, 7) is 11.5. The van der Waals surface area contributed by atoms with Crippen LogP contribution in [0.4, 0.5) is 4.79 Å². The Hall–Kier alpha value is -1.52. The molecule has 0 aliphatic carbocycles. The molecule has 1 atom stereocenters. The highest BCUT2D eigenvalue weighted by atomic mass is 16.6. The van der Waals surface area contributed by atoms with Crippen LogP contribution in [-0.2, 0) is 9.53 Å². The molecule has 1 fully saturated rings. The molecule has 0 aromatic carbocycles. The topological polar surface area (TPSA) is 58.6 Å². The van der Waals surface area contributed by atoms with Crippen molar-refractivity contribution in [2.24, 2.45) is 0 Å². The van der Waals surface area contributed by atoms with E-state index in [-0.39, 0.29) is 18.5 Å². The molecule has 0 spiro atoms. The van der Waals surface area contributed by atoms with Gasteiger partial charge in [-0.3, -0.25) is 9.69 Å². The number of nitrogens with one attached hydrogen (secondary N) is 1. The Balaban J connectivity index is 2.67. The standard InChI is InChI=1S/C12H20N2O3/c1-8(2)9-6-14(7-10(15)13-9)11(16)17-12(3,4)5/h9H,1,6-7H2,2-5H3,(H,13,15). The number of hydrogen-bond donors (Lipinski definition) is 1. The highest BCUT2D eigenvalue weighted by molar-refractivity contribution is 5.84. The molecule has 5 nitrogen and oxygen atoms in total. The SMILES string of the molecule is C=C(C)C1CN(C(=O)OC(C)(C)C)CC(=O)N1. The van der Waals surface area contributed by atoms with Crippen LogP contribution in [0, 0.1) is 0 Å². The average Bonchev–Trinajstić information content (AvgIpc) is 2.13. The van der Waals surface area contributed by atoms with Crippen molar-refractivity contribution in [1.29, 1.82) is 0 Å². The molecule has 1 N–H and O–H groups in total. The van der Waals surface area contributed by atoms with Crippen molar-refractivity contribution in [3.05, 3.63) is 12.2 Å². The van der Waals surface area contributed by atoms with Crippen LogP contribution in [0.1, 0.15) is 27.7 Å². The lowest BCUT2D eigenvalue weighted by Gasteiger charge is -2.34. The second-order valence-electron chi connectivity index (χ2n) is 5.33. The molecular weight excluding hydrogens is 220 g/mol. The van der Waals surface area contributed by atoms with Gasteiger partial charge in [0.15, 0.2) is 0 Å². The van der Waals surface area contributed by atoms with Crippen molar-refractivity contribution in [3.8, 4) is 0 Å². The molecular formula is C12H20N2O3. The van der Waals surface area contributed by atoms with Gasteiger partial charge in [0.1, 0.15) is 12.1 Å². The first kappa shape index (κ1) is 13.5. The Kier molecular flexibility index (Phi) is 3.80. The molecule has 0 radical (unpaired) electrons. The van der Waals surface area contributed by atoms with Gasteiger partial charge in [-0.2, -0.15) is 0 Å². The summed E-state index contributed by atoms with van der Waals surface area (Å²) in [5.41, 5.74) is 0.274. The lowest BCUT2D eigenvalue weighted by Crippen LogP contribution is -2.56. The molecule has 0 saturated carbocycles. The molecule has 2 amide bonds. The van der Waals surface area contributed by atoms with Gasteiger partial charge >= 0.3 is 6.09 Å². The fourth-order valence-electron chi connectivity index (χ4n) is 1.49. The monoisotopic (exact) mass is 240 g/mol. The zero-order valence-corrected chi connectivity index (χ0v) is 10.9. The predicted octanol–water partition coefficient (Wildman–Crippen LogP) is 1.30. The zero-order valence-electron chi connectivity index (χ0n) is 10.9. The number of rotatable bonds is 1. The highest BCUT2D eigenvalue weighted by Crippen LogP contribution is 2.13. The molecule has 1 rings (SSSR count). The number of hydrogen-bond acceptors (Lipinski definition) is 3. The van der Waals surface area contributed by atoms with E-state index >= 15 is 0 Å². The van der Waals surface area contributed by atoms with Crippen LogP contribution in [0.3, 0.4) is 0 Å². The summed E-state index contributed by atoms with van der Waals surface area (Å²) in [4.78, 5) is 24.7. The smallest absolute Gasteiger partial charge is 0.410 e. The Morgan fingerprint density at radius 1 is 1.53 bits per heavy atom. The van der Waals surface area contributed by atoms with Crippen molar-refractivity contribution < 1.29 is 14.3 Å². The fourth-order valence-corrected chi connectivity index (χ4v) is 1.49. The summed E-state index contributed by atoms with van der Waals surface area (Å²) in [5.74, 6) is -0.185. The van der Waals surface area contributed by atoms with E-state index in [1.54, 1.807) is 20.8 Å². The fraction of sp³-hybridized carbons (Fsp3) is 0.667. The molecule has 1 aliphatic heterocycles. The Labute approximate surface area is 102 Å². The maximum Gasteiger partial charge on any atom is 0.410 e. The Morgan fingerprint density at radius 3 is 2.59 bits per heavy atom. The molecule has 1 heterocycles. The third kappa shape index (κ3) is 4.09. The van der Waals surface area contributed by atoms with E-state index in [4.69, 9.17) is 4.74 Å². The van der Waals surface area contributed by atoms with Gasteiger partial charge in [0.05, 0.1) is 6.04 Å². The summed E-state index contributed by atoms with van der Waals surface area (Å²) >= 11 is 0. The first-order valence-corrected chi connectivity index (χ1v) is 5.62. The van der Waals surface area contributed by atoms with E-state index in [1.807, 2.05) is 6.92 Å². The second kappa shape index (κ2) is 4.77. The van der Waals surface area contributed by atoms with Crippen molar-refractivity contribution in [2.75, 3.05) is 13.1 Å². The van der Waals surface area contributed by atoms with E-state index in [2.05, 4.69) is 11.9 Å². The number of ether oxygens (including phenoxy) is 1. The minimum absolute atomic E-state index is 0.0404. The normalized spacial score (nSPS) is 20.8. The van der Waals surface area contributed by atoms with Gasteiger partial charge in [0.2, 0.25) is 5.91 Å². The van der Waals surface area contributed by atoms with E-state index < -0.39 is 11.7 Å². The quantitative estimate of drug-likeness (QED) is 0.703. The van der Waals surface area contributed by atoms with Gasteiger partial charge < -0.3 is 10.1 Å². The highest BCUT2D eigenvalue weighted by Gasteiger charge is 2.31. The summed E-state index contributed by atoms with van der Waals surface area (Å²) in [6.07, 6.45) is -0.460. The zero-order chi connectivity index (χ0) is 13.2. The largest absolute Gasteiger partial charge is 0.444 e. The third-order valence-corrected chi connectivity index (χ3v) is 2.32. The number of carbonyl (C=O) groups is 2. The van der Waals surface area contributed by atoms with E-state index in [0.717, 1.165) is 5.57 Å². The van der Waals surface area contributed by atoms with Crippen molar-refractivity contribution in [3.63, 3.8) is 0 Å². The summed E-state index contributed by atoms with van der Waals surface area (Å²) < 4.78 is 5.23. The number of nitrogens with zero attached hydrogens (tertiary/aromatic N) is 1. The van der Waals surface area contributed by atoms with Gasteiger partial charge in [-0.1, -0.05) is 12.2 Å². The van der Waals surface area contributed by atoms with Crippen LogP contribution >= 0.6 is 0 Å². The molecule has 1 saturated heterocycles. The maximum absolute atomic E-state index is 11.8. The Bertz CT molecular complexity index is 344. The number of amides is 2. The predicted molar refractivity (Wildman–Crippen MR) is 64.6 cm³/mol. The van der Waals surface area contributed by atoms with Crippen LogP contribution in [-0.4, -0.2) is 41.6 Å². The average molecular weight is 240 g/mol.